The molecule has 0 aromatic carbocycles. The van der Waals surface area contributed by atoms with Gasteiger partial charge in [-0.1, -0.05) is 11.6 Å². The molecule has 1 atom stereocenters. The first kappa shape index (κ1) is 17.6. The van der Waals surface area contributed by atoms with E-state index in [9.17, 15) is 0 Å². The van der Waals surface area contributed by atoms with Crippen molar-refractivity contribution in [2.24, 2.45) is 5.41 Å². The molecule has 0 amide bonds. The molecule has 1 saturated carbocycles. The van der Waals surface area contributed by atoms with Gasteiger partial charge in [-0.15, -0.1) is 23.7 Å². The van der Waals surface area contributed by atoms with Gasteiger partial charge in [-0.05, 0) is 60.2 Å². The van der Waals surface area contributed by atoms with Crippen LogP contribution in [-0.2, 0) is 13.1 Å². The van der Waals surface area contributed by atoms with Crippen molar-refractivity contribution in [1.29, 1.82) is 0 Å². The van der Waals surface area contributed by atoms with Gasteiger partial charge in [0.1, 0.15) is 0 Å². The van der Waals surface area contributed by atoms with Crippen LogP contribution in [0.1, 0.15) is 29.7 Å². The summed E-state index contributed by atoms with van der Waals surface area (Å²) in [6.45, 7) is 4.36. The molecule has 1 aliphatic carbocycles. The second-order valence-corrected chi connectivity index (χ2v) is 8.93. The molecular formula is C16H21Cl2N3S2. The fourth-order valence-electron chi connectivity index (χ4n) is 3.75. The summed E-state index contributed by atoms with van der Waals surface area (Å²) in [6.07, 6.45) is 5.93. The lowest BCUT2D eigenvalue weighted by atomic mass is 9.93. The normalized spacial score (nSPS) is 22.3. The third kappa shape index (κ3) is 3.91. The number of piperidine rings is 1. The summed E-state index contributed by atoms with van der Waals surface area (Å²) in [6, 6.07) is 2.96. The lowest BCUT2D eigenvalue weighted by Gasteiger charge is -2.29. The van der Waals surface area contributed by atoms with Crippen molar-refractivity contribution in [3.63, 3.8) is 0 Å². The van der Waals surface area contributed by atoms with E-state index in [0.717, 1.165) is 19.1 Å². The molecule has 7 heteroatoms. The fourth-order valence-corrected chi connectivity index (χ4v) is 5.42. The highest BCUT2D eigenvalue weighted by molar-refractivity contribution is 7.15. The van der Waals surface area contributed by atoms with Crippen molar-refractivity contribution in [2.45, 2.75) is 38.4 Å². The average molecular weight is 390 g/mol. The van der Waals surface area contributed by atoms with Gasteiger partial charge >= 0.3 is 0 Å². The summed E-state index contributed by atoms with van der Waals surface area (Å²) in [7, 11) is 0. The molecule has 0 bridgehead atoms. The molecule has 2 aromatic heterocycles. The smallest absolute Gasteiger partial charge is 0.183 e. The Bertz CT molecular complexity index is 623. The third-order valence-electron chi connectivity index (χ3n) is 5.04. The van der Waals surface area contributed by atoms with E-state index in [-0.39, 0.29) is 12.4 Å². The van der Waals surface area contributed by atoms with Crippen molar-refractivity contribution in [3.05, 3.63) is 37.9 Å². The molecule has 1 spiro atoms. The Morgan fingerprint density at radius 2 is 2.17 bits per heavy atom. The molecule has 1 aliphatic heterocycles. The zero-order chi connectivity index (χ0) is 15.0. The first-order valence-corrected chi connectivity index (χ1v) is 9.95. The van der Waals surface area contributed by atoms with E-state index in [0.29, 0.717) is 9.88 Å². The second-order valence-electron chi connectivity index (χ2n) is 6.45. The van der Waals surface area contributed by atoms with E-state index < -0.39 is 0 Å². The number of aromatic nitrogens is 1. The molecule has 3 heterocycles. The minimum atomic E-state index is 0. The molecule has 4 rings (SSSR count). The summed E-state index contributed by atoms with van der Waals surface area (Å²) >= 11 is 9.40. The Morgan fingerprint density at radius 1 is 1.35 bits per heavy atom. The molecule has 2 aromatic rings. The minimum absolute atomic E-state index is 0. The number of rotatable bonds is 5. The van der Waals surface area contributed by atoms with E-state index in [1.54, 1.807) is 22.7 Å². The van der Waals surface area contributed by atoms with Crippen LogP contribution in [0.4, 0.5) is 0 Å². The number of halogens is 2. The largest absolute Gasteiger partial charge is 0.317 e. The van der Waals surface area contributed by atoms with Crippen LogP contribution in [0.25, 0.3) is 0 Å². The molecular weight excluding hydrogens is 369 g/mol. The monoisotopic (exact) mass is 389 g/mol. The Labute approximate surface area is 156 Å². The molecule has 0 radical (unpaired) electrons. The van der Waals surface area contributed by atoms with Crippen LogP contribution < -0.4 is 5.32 Å². The van der Waals surface area contributed by atoms with Crippen LogP contribution in [-0.4, -0.2) is 29.0 Å². The Hall–Kier alpha value is -0.170. The van der Waals surface area contributed by atoms with Gasteiger partial charge in [0.05, 0.1) is 0 Å². The standard InChI is InChI=1S/C16H20ClN3S2.ClH/c17-15-19-8-13(22-15)10-20(9-12-1-6-21-11-12)14-7-16(14)2-4-18-5-3-16;/h1,6,8,11,14,18H,2-5,7,9-10H2;1H. The maximum Gasteiger partial charge on any atom is 0.183 e. The van der Waals surface area contributed by atoms with Crippen LogP contribution in [0.3, 0.4) is 0 Å². The van der Waals surface area contributed by atoms with Crippen LogP contribution in [0.2, 0.25) is 4.47 Å². The third-order valence-corrected chi connectivity index (χ3v) is 6.87. The maximum atomic E-state index is 6.01. The summed E-state index contributed by atoms with van der Waals surface area (Å²) in [4.78, 5) is 8.12. The number of hydrogen-bond donors (Lipinski definition) is 1. The lowest BCUT2D eigenvalue weighted by molar-refractivity contribution is 0.189. The molecule has 1 saturated heterocycles. The van der Waals surface area contributed by atoms with Crippen molar-refractivity contribution < 1.29 is 0 Å². The van der Waals surface area contributed by atoms with E-state index in [2.05, 4.69) is 32.0 Å². The average Bonchev–Trinajstić information content (AvgIpc) is 2.90. The zero-order valence-electron chi connectivity index (χ0n) is 12.8. The van der Waals surface area contributed by atoms with E-state index in [1.807, 2.05) is 6.20 Å². The van der Waals surface area contributed by atoms with Gasteiger partial charge in [0, 0.05) is 30.2 Å². The van der Waals surface area contributed by atoms with Crippen molar-refractivity contribution in [2.75, 3.05) is 13.1 Å². The summed E-state index contributed by atoms with van der Waals surface area (Å²) in [5, 5.41) is 7.94. The first-order valence-electron chi connectivity index (χ1n) is 7.81. The molecule has 3 nitrogen and oxygen atoms in total. The molecule has 1 N–H and O–H groups in total. The van der Waals surface area contributed by atoms with Crippen LogP contribution in [0.5, 0.6) is 0 Å². The van der Waals surface area contributed by atoms with Gasteiger partial charge in [0.15, 0.2) is 4.47 Å². The van der Waals surface area contributed by atoms with Crippen LogP contribution in [0.15, 0.2) is 23.0 Å². The SMILES string of the molecule is Cl.Clc1ncc(CN(Cc2ccsc2)C2CC23CCNCC3)s1. The zero-order valence-corrected chi connectivity index (χ0v) is 16.0. The highest BCUT2D eigenvalue weighted by Crippen LogP contribution is 2.56. The minimum Gasteiger partial charge on any atom is -0.317 e. The van der Waals surface area contributed by atoms with Crippen LogP contribution in [0, 0.1) is 5.41 Å². The predicted octanol–water partition coefficient (Wildman–Crippen LogP) is 4.42. The van der Waals surface area contributed by atoms with Crippen molar-refractivity contribution in [1.82, 2.24) is 15.2 Å². The van der Waals surface area contributed by atoms with E-state index in [1.165, 1.54) is 42.8 Å². The van der Waals surface area contributed by atoms with Gasteiger partial charge in [-0.2, -0.15) is 11.3 Å². The number of thiazole rings is 1. The number of hydrogen-bond acceptors (Lipinski definition) is 5. The molecule has 2 fully saturated rings. The Morgan fingerprint density at radius 3 is 2.83 bits per heavy atom. The van der Waals surface area contributed by atoms with E-state index in [4.69, 9.17) is 11.6 Å². The number of thiophene rings is 1. The molecule has 126 valence electrons. The van der Waals surface area contributed by atoms with Gasteiger partial charge in [-0.3, -0.25) is 4.90 Å². The summed E-state index contributed by atoms with van der Waals surface area (Å²) in [5.74, 6) is 0. The molecule has 23 heavy (non-hydrogen) atoms. The Kier molecular flexibility index (Phi) is 5.66. The number of nitrogens with zero attached hydrogens (tertiary/aromatic N) is 2. The fraction of sp³-hybridized carbons (Fsp3) is 0.562. The first-order chi connectivity index (χ1) is 10.8. The topological polar surface area (TPSA) is 28.2 Å². The number of nitrogens with one attached hydrogen (secondary N) is 1. The lowest BCUT2D eigenvalue weighted by Crippen LogP contribution is -2.35. The molecule has 1 unspecified atom stereocenters. The van der Waals surface area contributed by atoms with Gasteiger partial charge in [0.2, 0.25) is 0 Å². The highest BCUT2D eigenvalue weighted by Gasteiger charge is 2.56. The van der Waals surface area contributed by atoms with E-state index >= 15 is 0 Å². The second kappa shape index (κ2) is 7.38. The predicted molar refractivity (Wildman–Crippen MR) is 101 cm³/mol. The summed E-state index contributed by atoms with van der Waals surface area (Å²) < 4.78 is 0.651. The molecule has 2 aliphatic rings. The van der Waals surface area contributed by atoms with Crippen LogP contribution >= 0.6 is 46.7 Å². The highest BCUT2D eigenvalue weighted by atomic mass is 35.5. The van der Waals surface area contributed by atoms with Gasteiger partial charge in [-0.25, -0.2) is 4.98 Å². The Balaban J connectivity index is 0.00000156. The summed E-state index contributed by atoms with van der Waals surface area (Å²) in [5.41, 5.74) is 1.99. The quantitative estimate of drug-likeness (QED) is 0.819. The van der Waals surface area contributed by atoms with Gasteiger partial charge < -0.3 is 5.32 Å². The van der Waals surface area contributed by atoms with Crippen molar-refractivity contribution >= 4 is 46.7 Å². The van der Waals surface area contributed by atoms with Gasteiger partial charge in [0.25, 0.3) is 0 Å². The maximum absolute atomic E-state index is 6.01. The van der Waals surface area contributed by atoms with Crippen molar-refractivity contribution in [3.8, 4) is 0 Å².